The van der Waals surface area contributed by atoms with Crippen LogP contribution < -0.4 is 0 Å². The Morgan fingerprint density at radius 2 is 1.71 bits per heavy atom. The second kappa shape index (κ2) is 5.81. The highest BCUT2D eigenvalue weighted by Crippen LogP contribution is 2.20. The summed E-state index contributed by atoms with van der Waals surface area (Å²) in [7, 11) is 0. The summed E-state index contributed by atoms with van der Waals surface area (Å²) in [6.07, 6.45) is 3.38. The molecule has 1 atom stereocenters. The first kappa shape index (κ1) is 13.4. The van der Waals surface area contributed by atoms with E-state index in [1.807, 2.05) is 36.5 Å². The third-order valence-electron chi connectivity index (χ3n) is 3.37. The van der Waals surface area contributed by atoms with Crippen molar-refractivity contribution in [3.05, 3.63) is 78.1 Å². The molecule has 0 spiro atoms. The summed E-state index contributed by atoms with van der Waals surface area (Å²) < 4.78 is 1.75. The second-order valence-corrected chi connectivity index (χ2v) is 4.94. The Labute approximate surface area is 122 Å². The maximum atomic E-state index is 10.3. The number of aromatic nitrogens is 2. The molecule has 4 heteroatoms. The van der Waals surface area contributed by atoms with Gasteiger partial charge in [0.1, 0.15) is 5.75 Å². The van der Waals surface area contributed by atoms with Crippen LogP contribution in [0.1, 0.15) is 17.2 Å². The van der Waals surface area contributed by atoms with Crippen molar-refractivity contribution in [3.8, 4) is 11.4 Å². The van der Waals surface area contributed by atoms with Crippen LogP contribution in [0.25, 0.3) is 5.69 Å². The number of aliphatic hydroxyl groups is 1. The molecule has 0 bridgehead atoms. The van der Waals surface area contributed by atoms with Gasteiger partial charge in [-0.1, -0.05) is 30.3 Å². The predicted octanol–water partition coefficient (Wildman–Crippen LogP) is 2.85. The zero-order chi connectivity index (χ0) is 14.7. The van der Waals surface area contributed by atoms with Crippen molar-refractivity contribution in [3.63, 3.8) is 0 Å². The zero-order valence-electron chi connectivity index (χ0n) is 11.4. The van der Waals surface area contributed by atoms with Gasteiger partial charge in [-0.3, -0.25) is 0 Å². The van der Waals surface area contributed by atoms with Gasteiger partial charge < -0.3 is 10.2 Å². The Morgan fingerprint density at radius 1 is 1.00 bits per heavy atom. The van der Waals surface area contributed by atoms with Crippen LogP contribution in [0.3, 0.4) is 0 Å². The average molecular weight is 280 g/mol. The van der Waals surface area contributed by atoms with Crippen molar-refractivity contribution in [1.82, 2.24) is 9.78 Å². The second-order valence-electron chi connectivity index (χ2n) is 4.94. The molecule has 0 aliphatic rings. The third kappa shape index (κ3) is 3.12. The van der Waals surface area contributed by atoms with Crippen molar-refractivity contribution in [2.24, 2.45) is 0 Å². The first-order valence-electron chi connectivity index (χ1n) is 6.78. The Kier molecular flexibility index (Phi) is 3.71. The summed E-state index contributed by atoms with van der Waals surface area (Å²) in [6.45, 7) is 0. The summed E-state index contributed by atoms with van der Waals surface area (Å²) in [5.74, 6) is 0.227. The average Bonchev–Trinajstić information content (AvgIpc) is 3.00. The molecule has 3 rings (SSSR count). The van der Waals surface area contributed by atoms with Gasteiger partial charge in [-0.05, 0) is 29.8 Å². The Morgan fingerprint density at radius 3 is 2.43 bits per heavy atom. The minimum Gasteiger partial charge on any atom is -0.508 e. The molecule has 2 aromatic carbocycles. The van der Waals surface area contributed by atoms with Gasteiger partial charge in [-0.25, -0.2) is 4.68 Å². The lowest BCUT2D eigenvalue weighted by Gasteiger charge is -2.08. The highest BCUT2D eigenvalue weighted by Gasteiger charge is 2.11. The molecule has 0 amide bonds. The number of rotatable bonds is 4. The van der Waals surface area contributed by atoms with Gasteiger partial charge in [-0.2, -0.15) is 5.10 Å². The van der Waals surface area contributed by atoms with Gasteiger partial charge in [0.2, 0.25) is 0 Å². The maximum absolute atomic E-state index is 10.3. The van der Waals surface area contributed by atoms with Crippen LogP contribution in [0, 0.1) is 0 Å². The number of para-hydroxylation sites is 1. The van der Waals surface area contributed by atoms with Crippen LogP contribution in [0.5, 0.6) is 5.75 Å². The number of aromatic hydroxyl groups is 1. The molecule has 4 nitrogen and oxygen atoms in total. The van der Waals surface area contributed by atoms with Crippen LogP contribution in [0.15, 0.2) is 67.0 Å². The highest BCUT2D eigenvalue weighted by molar-refractivity contribution is 5.32. The molecule has 0 radical (unpaired) electrons. The van der Waals surface area contributed by atoms with Crippen molar-refractivity contribution < 1.29 is 10.2 Å². The quantitative estimate of drug-likeness (QED) is 0.772. The van der Waals surface area contributed by atoms with Crippen LogP contribution in [-0.4, -0.2) is 20.0 Å². The molecule has 1 unspecified atom stereocenters. The first-order valence-corrected chi connectivity index (χ1v) is 6.78. The van der Waals surface area contributed by atoms with E-state index < -0.39 is 6.10 Å². The molecule has 1 heterocycles. The van der Waals surface area contributed by atoms with Gasteiger partial charge in [0.15, 0.2) is 0 Å². The lowest BCUT2D eigenvalue weighted by Crippen LogP contribution is -2.00. The Balaban J connectivity index is 1.75. The topological polar surface area (TPSA) is 58.3 Å². The van der Waals surface area contributed by atoms with Gasteiger partial charge in [0, 0.05) is 18.2 Å². The number of phenolic OH excluding ortho intramolecular Hbond substituents is 1. The molecular weight excluding hydrogens is 264 g/mol. The fourth-order valence-electron chi connectivity index (χ4n) is 2.20. The largest absolute Gasteiger partial charge is 0.508 e. The van der Waals surface area contributed by atoms with Crippen LogP contribution in [-0.2, 0) is 6.42 Å². The molecule has 3 aromatic rings. The third-order valence-corrected chi connectivity index (χ3v) is 3.37. The number of aliphatic hydroxyl groups excluding tert-OH is 1. The van der Waals surface area contributed by atoms with E-state index in [4.69, 9.17) is 0 Å². The monoisotopic (exact) mass is 280 g/mol. The van der Waals surface area contributed by atoms with Crippen molar-refractivity contribution in [2.75, 3.05) is 0 Å². The minimum absolute atomic E-state index is 0.227. The van der Waals surface area contributed by atoms with Crippen LogP contribution in [0.4, 0.5) is 0 Å². The molecule has 106 valence electrons. The molecule has 0 saturated carbocycles. The Hall–Kier alpha value is -2.59. The molecule has 1 aromatic heterocycles. The van der Waals surface area contributed by atoms with Gasteiger partial charge in [0.05, 0.1) is 18.0 Å². The number of hydrogen-bond acceptors (Lipinski definition) is 3. The van der Waals surface area contributed by atoms with Crippen molar-refractivity contribution in [1.29, 1.82) is 0 Å². The lowest BCUT2D eigenvalue weighted by atomic mass is 10.0. The normalized spacial score (nSPS) is 12.2. The van der Waals surface area contributed by atoms with E-state index in [1.165, 1.54) is 0 Å². The summed E-state index contributed by atoms with van der Waals surface area (Å²) in [6, 6.07) is 16.6. The molecule has 0 saturated heterocycles. The van der Waals surface area contributed by atoms with E-state index >= 15 is 0 Å². The molecular formula is C17H16N2O2. The summed E-state index contributed by atoms with van der Waals surface area (Å²) in [5.41, 5.74) is 2.69. The molecule has 0 fully saturated rings. The van der Waals surface area contributed by atoms with Crippen molar-refractivity contribution in [2.45, 2.75) is 12.5 Å². The van der Waals surface area contributed by atoms with E-state index in [2.05, 4.69) is 5.10 Å². The first-order chi connectivity index (χ1) is 10.2. The zero-order valence-corrected chi connectivity index (χ0v) is 11.4. The van der Waals surface area contributed by atoms with Crippen molar-refractivity contribution >= 4 is 0 Å². The molecule has 2 N–H and O–H groups in total. The number of phenols is 1. The fourth-order valence-corrected chi connectivity index (χ4v) is 2.20. The van der Waals surface area contributed by atoms with E-state index in [0.29, 0.717) is 6.42 Å². The van der Waals surface area contributed by atoms with E-state index in [9.17, 15) is 10.2 Å². The highest BCUT2D eigenvalue weighted by atomic mass is 16.3. The fraction of sp³-hybridized carbons (Fsp3) is 0.118. The van der Waals surface area contributed by atoms with Crippen LogP contribution >= 0.6 is 0 Å². The molecule has 0 aliphatic carbocycles. The predicted molar refractivity (Wildman–Crippen MR) is 80.3 cm³/mol. The van der Waals surface area contributed by atoms with Gasteiger partial charge in [-0.15, -0.1) is 0 Å². The van der Waals surface area contributed by atoms with Gasteiger partial charge in [0.25, 0.3) is 0 Å². The Bertz CT molecular complexity index is 705. The van der Waals surface area contributed by atoms with E-state index in [0.717, 1.165) is 16.8 Å². The number of hydrogen-bond donors (Lipinski definition) is 2. The molecule has 21 heavy (non-hydrogen) atoms. The maximum Gasteiger partial charge on any atom is 0.115 e. The smallest absolute Gasteiger partial charge is 0.115 e. The van der Waals surface area contributed by atoms with E-state index in [-0.39, 0.29) is 5.75 Å². The summed E-state index contributed by atoms with van der Waals surface area (Å²) in [4.78, 5) is 0. The number of benzene rings is 2. The lowest BCUT2D eigenvalue weighted by molar-refractivity contribution is 0.178. The van der Waals surface area contributed by atoms with E-state index in [1.54, 1.807) is 35.1 Å². The van der Waals surface area contributed by atoms with Crippen LogP contribution in [0.2, 0.25) is 0 Å². The van der Waals surface area contributed by atoms with Gasteiger partial charge >= 0.3 is 0 Å². The summed E-state index contributed by atoms with van der Waals surface area (Å²) >= 11 is 0. The standard InChI is InChI=1S/C17H16N2O2/c20-16-8-6-13(7-9-16)10-17(21)14-11-18-19(12-14)15-4-2-1-3-5-15/h1-9,11-12,17,20-21H,10H2. The molecule has 0 aliphatic heterocycles. The summed E-state index contributed by atoms with van der Waals surface area (Å²) in [5, 5.41) is 23.8. The SMILES string of the molecule is Oc1ccc(CC(O)c2cnn(-c3ccccc3)c2)cc1. The number of nitrogens with zero attached hydrogens (tertiary/aromatic N) is 2. The minimum atomic E-state index is -0.619.